The number of carbonyl (C=O) groups excluding carboxylic acids is 1. The summed E-state index contributed by atoms with van der Waals surface area (Å²) in [6.07, 6.45) is 1.68. The summed E-state index contributed by atoms with van der Waals surface area (Å²) in [6.45, 7) is 6.78. The Balaban J connectivity index is 1.75. The molecule has 156 valence electrons. The Morgan fingerprint density at radius 3 is 2.69 bits per heavy atom. The number of carbonyl (C=O) groups is 1. The first-order valence-corrected chi connectivity index (χ1v) is 11.3. The van der Waals surface area contributed by atoms with Crippen LogP contribution in [0.15, 0.2) is 47.4 Å². The Morgan fingerprint density at radius 2 is 1.97 bits per heavy atom. The van der Waals surface area contributed by atoms with Crippen LogP contribution in [0.5, 0.6) is 5.75 Å². The van der Waals surface area contributed by atoms with Crippen molar-refractivity contribution in [3.63, 3.8) is 0 Å². The first-order valence-electron chi connectivity index (χ1n) is 9.90. The van der Waals surface area contributed by atoms with Gasteiger partial charge in [0.15, 0.2) is 6.61 Å². The molecule has 0 atom stereocenters. The minimum atomic E-state index is -3.67. The number of benzene rings is 2. The van der Waals surface area contributed by atoms with Crippen molar-refractivity contribution in [2.75, 3.05) is 24.0 Å². The van der Waals surface area contributed by atoms with Crippen molar-refractivity contribution in [1.82, 2.24) is 5.32 Å². The Kier molecular flexibility index (Phi) is 6.47. The van der Waals surface area contributed by atoms with Gasteiger partial charge in [-0.25, -0.2) is 8.42 Å². The summed E-state index contributed by atoms with van der Waals surface area (Å²) in [7, 11) is -3.67. The van der Waals surface area contributed by atoms with Crippen molar-refractivity contribution in [3.05, 3.63) is 53.6 Å². The van der Waals surface area contributed by atoms with Gasteiger partial charge in [-0.3, -0.25) is 9.10 Å². The van der Waals surface area contributed by atoms with Crippen molar-refractivity contribution in [2.24, 2.45) is 5.92 Å². The second kappa shape index (κ2) is 8.86. The normalized spacial score (nSPS) is 13.9. The maximum Gasteiger partial charge on any atom is 0.264 e. The van der Waals surface area contributed by atoms with E-state index in [1.54, 1.807) is 25.1 Å². The van der Waals surface area contributed by atoms with E-state index in [1.807, 2.05) is 38.1 Å². The van der Waals surface area contributed by atoms with E-state index in [4.69, 9.17) is 4.74 Å². The standard InChI is InChI=1S/C22H28N2O4S/c1-16(2)14-23-22(25)15-28-21-11-10-19(13-17(21)3)29(26,27)24-12-6-8-18-7-4-5-9-20(18)24/h4-5,7,9-11,13,16H,6,8,12,14-15H2,1-3H3,(H,23,25). The quantitative estimate of drug-likeness (QED) is 0.752. The second-order valence-electron chi connectivity index (χ2n) is 7.72. The van der Waals surface area contributed by atoms with Crippen LogP contribution in [0.1, 0.15) is 31.4 Å². The fraction of sp³-hybridized carbons (Fsp3) is 0.409. The molecule has 1 aliphatic rings. The molecule has 0 aromatic heterocycles. The first-order chi connectivity index (χ1) is 13.8. The van der Waals surface area contributed by atoms with Crippen LogP contribution < -0.4 is 14.4 Å². The molecule has 6 nitrogen and oxygen atoms in total. The Hall–Kier alpha value is -2.54. The zero-order chi connectivity index (χ0) is 21.0. The highest BCUT2D eigenvalue weighted by Gasteiger charge is 2.29. The lowest BCUT2D eigenvalue weighted by atomic mass is 10.0. The SMILES string of the molecule is Cc1cc(S(=O)(=O)N2CCCc3ccccc32)ccc1OCC(=O)NCC(C)C. The third kappa shape index (κ3) is 4.90. The van der Waals surface area contributed by atoms with Crippen LogP contribution in [0.3, 0.4) is 0 Å². The van der Waals surface area contributed by atoms with Crippen molar-refractivity contribution >= 4 is 21.6 Å². The lowest BCUT2D eigenvalue weighted by Crippen LogP contribution is -2.35. The van der Waals surface area contributed by atoms with E-state index >= 15 is 0 Å². The molecule has 3 rings (SSSR count). The summed E-state index contributed by atoms with van der Waals surface area (Å²) in [6, 6.07) is 12.4. The van der Waals surface area contributed by atoms with E-state index in [2.05, 4.69) is 5.32 Å². The van der Waals surface area contributed by atoms with Crippen LogP contribution in [0.4, 0.5) is 5.69 Å². The fourth-order valence-electron chi connectivity index (χ4n) is 3.33. The number of para-hydroxylation sites is 1. The summed E-state index contributed by atoms with van der Waals surface area (Å²) in [5, 5.41) is 2.79. The molecular weight excluding hydrogens is 388 g/mol. The maximum absolute atomic E-state index is 13.2. The van der Waals surface area contributed by atoms with E-state index in [0.29, 0.717) is 30.3 Å². The molecule has 2 aromatic rings. The molecule has 0 fully saturated rings. The highest BCUT2D eigenvalue weighted by molar-refractivity contribution is 7.92. The van der Waals surface area contributed by atoms with Gasteiger partial charge in [-0.15, -0.1) is 0 Å². The van der Waals surface area contributed by atoms with Gasteiger partial charge < -0.3 is 10.1 Å². The number of nitrogens with one attached hydrogen (secondary N) is 1. The number of hydrogen-bond acceptors (Lipinski definition) is 4. The predicted molar refractivity (Wildman–Crippen MR) is 114 cm³/mol. The van der Waals surface area contributed by atoms with Gasteiger partial charge in [0, 0.05) is 13.1 Å². The predicted octanol–water partition coefficient (Wildman–Crippen LogP) is 3.29. The molecule has 0 radical (unpaired) electrons. The van der Waals surface area contributed by atoms with Gasteiger partial charge in [-0.1, -0.05) is 32.0 Å². The number of ether oxygens (including phenoxy) is 1. The minimum absolute atomic E-state index is 0.0981. The number of aryl methyl sites for hydroxylation is 2. The van der Waals surface area contributed by atoms with E-state index in [9.17, 15) is 13.2 Å². The number of hydrogen-bond donors (Lipinski definition) is 1. The summed E-state index contributed by atoms with van der Waals surface area (Å²) in [4.78, 5) is 12.1. The number of anilines is 1. The highest BCUT2D eigenvalue weighted by atomic mass is 32.2. The fourth-order valence-corrected chi connectivity index (χ4v) is 4.96. The van der Waals surface area contributed by atoms with Crippen LogP contribution in [-0.2, 0) is 21.2 Å². The Bertz CT molecular complexity index is 986. The summed E-state index contributed by atoms with van der Waals surface area (Å²) in [5.74, 6) is 0.674. The lowest BCUT2D eigenvalue weighted by molar-refractivity contribution is -0.123. The molecule has 2 aromatic carbocycles. The topological polar surface area (TPSA) is 75.7 Å². The number of fused-ring (bicyclic) bond motifs is 1. The summed E-state index contributed by atoms with van der Waals surface area (Å²) >= 11 is 0. The maximum atomic E-state index is 13.2. The van der Waals surface area contributed by atoms with Gasteiger partial charge in [0.25, 0.3) is 15.9 Å². The molecule has 1 amide bonds. The number of sulfonamides is 1. The van der Waals surface area contributed by atoms with Crippen molar-refractivity contribution in [1.29, 1.82) is 0 Å². The van der Waals surface area contributed by atoms with Crippen LogP contribution in [0.25, 0.3) is 0 Å². The van der Waals surface area contributed by atoms with E-state index < -0.39 is 10.0 Å². The van der Waals surface area contributed by atoms with Gasteiger partial charge >= 0.3 is 0 Å². The number of amides is 1. The number of rotatable bonds is 7. The highest BCUT2D eigenvalue weighted by Crippen LogP contribution is 2.33. The average Bonchev–Trinajstić information content (AvgIpc) is 2.70. The molecule has 1 heterocycles. The van der Waals surface area contributed by atoms with Gasteiger partial charge in [-0.05, 0) is 61.1 Å². The second-order valence-corrected chi connectivity index (χ2v) is 9.59. The van der Waals surface area contributed by atoms with E-state index in [0.717, 1.165) is 24.1 Å². The van der Waals surface area contributed by atoms with Gasteiger partial charge in [0.05, 0.1) is 10.6 Å². The smallest absolute Gasteiger partial charge is 0.264 e. The minimum Gasteiger partial charge on any atom is -0.484 e. The Labute approximate surface area is 172 Å². The largest absolute Gasteiger partial charge is 0.484 e. The lowest BCUT2D eigenvalue weighted by Gasteiger charge is -2.30. The molecule has 1 aliphatic heterocycles. The van der Waals surface area contributed by atoms with Crippen molar-refractivity contribution in [3.8, 4) is 5.75 Å². The van der Waals surface area contributed by atoms with Crippen molar-refractivity contribution < 1.29 is 17.9 Å². The van der Waals surface area contributed by atoms with E-state index in [1.165, 1.54) is 4.31 Å². The average molecular weight is 417 g/mol. The summed E-state index contributed by atoms with van der Waals surface area (Å²) in [5.41, 5.74) is 2.47. The first kappa shape index (κ1) is 21.2. The molecule has 0 bridgehead atoms. The van der Waals surface area contributed by atoms with E-state index in [-0.39, 0.29) is 17.4 Å². The third-order valence-electron chi connectivity index (χ3n) is 4.87. The van der Waals surface area contributed by atoms with Crippen LogP contribution >= 0.6 is 0 Å². The molecule has 7 heteroatoms. The van der Waals surface area contributed by atoms with Gasteiger partial charge in [0.2, 0.25) is 0 Å². The molecule has 0 saturated heterocycles. The van der Waals surface area contributed by atoms with Crippen LogP contribution in [0, 0.1) is 12.8 Å². The molecule has 0 unspecified atom stereocenters. The van der Waals surface area contributed by atoms with Gasteiger partial charge in [0.1, 0.15) is 5.75 Å². The third-order valence-corrected chi connectivity index (χ3v) is 6.68. The Morgan fingerprint density at radius 1 is 1.21 bits per heavy atom. The molecule has 0 saturated carbocycles. The summed E-state index contributed by atoms with van der Waals surface area (Å²) < 4.78 is 33.6. The monoisotopic (exact) mass is 416 g/mol. The number of nitrogens with zero attached hydrogens (tertiary/aromatic N) is 1. The van der Waals surface area contributed by atoms with Gasteiger partial charge in [-0.2, -0.15) is 0 Å². The van der Waals surface area contributed by atoms with Crippen molar-refractivity contribution in [2.45, 2.75) is 38.5 Å². The molecular formula is C22H28N2O4S. The molecule has 1 N–H and O–H groups in total. The zero-order valence-electron chi connectivity index (χ0n) is 17.1. The molecule has 29 heavy (non-hydrogen) atoms. The zero-order valence-corrected chi connectivity index (χ0v) is 18.0. The van der Waals surface area contributed by atoms with Crippen LogP contribution in [-0.4, -0.2) is 34.0 Å². The molecule has 0 aliphatic carbocycles. The van der Waals surface area contributed by atoms with Crippen LogP contribution in [0.2, 0.25) is 0 Å². The molecule has 0 spiro atoms.